The van der Waals surface area contributed by atoms with Crippen molar-refractivity contribution in [3.8, 4) is 11.5 Å². The molecule has 2 aromatic carbocycles. The van der Waals surface area contributed by atoms with Gasteiger partial charge in [0.2, 0.25) is 5.91 Å². The zero-order chi connectivity index (χ0) is 23.1. The second kappa shape index (κ2) is 8.42. The van der Waals surface area contributed by atoms with Gasteiger partial charge in [0.15, 0.2) is 11.5 Å². The molecular formula is C25H27N3O5. The quantitative estimate of drug-likeness (QED) is 0.757. The monoisotopic (exact) mass is 449 g/mol. The van der Waals surface area contributed by atoms with Crippen molar-refractivity contribution in [2.24, 2.45) is 0 Å². The molecule has 1 fully saturated rings. The fraction of sp³-hybridized carbons (Fsp3) is 0.400. The van der Waals surface area contributed by atoms with E-state index in [1.54, 1.807) is 41.3 Å². The summed E-state index contributed by atoms with van der Waals surface area (Å²) in [6.07, 6.45) is 4.57. The highest BCUT2D eigenvalue weighted by molar-refractivity contribution is 6.18. The van der Waals surface area contributed by atoms with Crippen LogP contribution in [-0.2, 0) is 4.79 Å². The maximum Gasteiger partial charge on any atom is 0.264 e. The largest absolute Gasteiger partial charge is 0.493 e. The number of anilines is 1. The Kier molecular flexibility index (Phi) is 5.44. The first-order valence-electron chi connectivity index (χ1n) is 11.3. The third-order valence-corrected chi connectivity index (χ3v) is 6.77. The Bertz CT molecular complexity index is 1130. The average Bonchev–Trinajstić information content (AvgIpc) is 3.14. The number of hydrogen-bond donors (Lipinski definition) is 1. The molecular weight excluding hydrogens is 422 g/mol. The molecule has 0 aromatic heterocycles. The number of para-hydroxylation sites is 1. The van der Waals surface area contributed by atoms with Crippen LogP contribution in [0.15, 0.2) is 36.4 Å². The highest BCUT2D eigenvalue weighted by Crippen LogP contribution is 2.49. The number of nitrogens with zero attached hydrogens (tertiary/aromatic N) is 2. The van der Waals surface area contributed by atoms with E-state index >= 15 is 0 Å². The van der Waals surface area contributed by atoms with E-state index in [-0.39, 0.29) is 30.3 Å². The number of hydrogen-bond acceptors (Lipinski definition) is 5. The number of carbonyl (C=O) groups excluding carboxylic acids is 3. The summed E-state index contributed by atoms with van der Waals surface area (Å²) in [5, 5.41) is 3.09. The molecule has 0 spiro atoms. The van der Waals surface area contributed by atoms with Crippen LogP contribution in [0.4, 0.5) is 5.69 Å². The number of benzene rings is 2. The number of amides is 3. The molecule has 1 aliphatic carbocycles. The van der Waals surface area contributed by atoms with E-state index in [4.69, 9.17) is 9.47 Å². The molecule has 8 heteroatoms. The van der Waals surface area contributed by atoms with Crippen molar-refractivity contribution >= 4 is 23.4 Å². The molecule has 0 bridgehead atoms. The summed E-state index contributed by atoms with van der Waals surface area (Å²) >= 11 is 0. The van der Waals surface area contributed by atoms with Crippen LogP contribution in [0.5, 0.6) is 11.5 Å². The maximum atomic E-state index is 13.6. The highest BCUT2D eigenvalue weighted by Gasteiger charge is 2.50. The van der Waals surface area contributed by atoms with Gasteiger partial charge in [-0.25, -0.2) is 0 Å². The minimum absolute atomic E-state index is 0.133. The Morgan fingerprint density at radius 3 is 2.48 bits per heavy atom. The second-order valence-electron chi connectivity index (χ2n) is 8.67. The van der Waals surface area contributed by atoms with Gasteiger partial charge in [0, 0.05) is 11.6 Å². The van der Waals surface area contributed by atoms with Crippen molar-refractivity contribution in [3.05, 3.63) is 53.1 Å². The molecule has 0 saturated heterocycles. The fourth-order valence-corrected chi connectivity index (χ4v) is 5.26. The topological polar surface area (TPSA) is 88.2 Å². The minimum Gasteiger partial charge on any atom is -0.493 e. The van der Waals surface area contributed by atoms with Gasteiger partial charge in [-0.15, -0.1) is 0 Å². The molecule has 2 aliphatic heterocycles. The third-order valence-electron chi connectivity index (χ3n) is 6.77. The number of methoxy groups -OCH3 is 2. The Hall–Kier alpha value is -3.55. The molecule has 172 valence electrons. The second-order valence-corrected chi connectivity index (χ2v) is 8.67. The molecule has 1 saturated carbocycles. The SMILES string of the molecule is COc1ccc2c(c1OC)C(=O)N1c3ccccc3C(=O)N(CC(=O)NC3CCCCC3)[C@@H]21. The summed E-state index contributed by atoms with van der Waals surface area (Å²) in [5.74, 6) is -0.0167. The first kappa shape index (κ1) is 21.3. The van der Waals surface area contributed by atoms with Crippen molar-refractivity contribution in [1.82, 2.24) is 10.2 Å². The molecule has 1 atom stereocenters. The van der Waals surface area contributed by atoms with Crippen molar-refractivity contribution in [3.63, 3.8) is 0 Å². The zero-order valence-corrected chi connectivity index (χ0v) is 18.8. The zero-order valence-electron chi connectivity index (χ0n) is 18.8. The van der Waals surface area contributed by atoms with E-state index in [1.165, 1.54) is 25.5 Å². The lowest BCUT2D eigenvalue weighted by atomic mass is 9.95. The van der Waals surface area contributed by atoms with Crippen LogP contribution in [-0.4, -0.2) is 49.4 Å². The highest BCUT2D eigenvalue weighted by atomic mass is 16.5. The Balaban J connectivity index is 1.56. The summed E-state index contributed by atoms with van der Waals surface area (Å²) in [7, 11) is 2.99. The van der Waals surface area contributed by atoms with Gasteiger partial charge in [0.1, 0.15) is 12.7 Å². The number of ether oxygens (including phenoxy) is 2. The molecule has 2 aromatic rings. The van der Waals surface area contributed by atoms with Crippen LogP contribution in [0.3, 0.4) is 0 Å². The van der Waals surface area contributed by atoms with Crippen molar-refractivity contribution in [1.29, 1.82) is 0 Å². The molecule has 1 N–H and O–H groups in total. The molecule has 33 heavy (non-hydrogen) atoms. The normalized spacial score (nSPS) is 19.6. The van der Waals surface area contributed by atoms with Crippen LogP contribution in [0.2, 0.25) is 0 Å². The molecule has 8 nitrogen and oxygen atoms in total. The predicted molar refractivity (Wildman–Crippen MR) is 122 cm³/mol. The fourth-order valence-electron chi connectivity index (χ4n) is 5.26. The molecule has 0 radical (unpaired) electrons. The van der Waals surface area contributed by atoms with Gasteiger partial charge in [-0.3, -0.25) is 19.3 Å². The van der Waals surface area contributed by atoms with Crippen molar-refractivity contribution in [2.45, 2.75) is 44.3 Å². The standard InChI is InChI=1S/C25H27N3O5/c1-32-19-13-12-17-21(22(19)33-2)25(31)28-18-11-7-6-10-16(18)24(30)27(23(17)28)14-20(29)26-15-8-4-3-5-9-15/h6-7,10-13,15,23H,3-5,8-9,14H2,1-2H3,(H,26,29)/t23-/m1/s1. The third kappa shape index (κ3) is 3.41. The van der Waals surface area contributed by atoms with Gasteiger partial charge >= 0.3 is 0 Å². The number of fused-ring (bicyclic) bond motifs is 5. The summed E-state index contributed by atoms with van der Waals surface area (Å²) in [6, 6.07) is 10.6. The van der Waals surface area contributed by atoms with Crippen LogP contribution >= 0.6 is 0 Å². The smallest absolute Gasteiger partial charge is 0.264 e. The van der Waals surface area contributed by atoms with E-state index in [2.05, 4.69) is 5.32 Å². The van der Waals surface area contributed by atoms with Gasteiger partial charge in [-0.1, -0.05) is 37.5 Å². The lowest BCUT2D eigenvalue weighted by Gasteiger charge is -2.40. The predicted octanol–water partition coefficient (Wildman–Crippen LogP) is 3.27. The lowest BCUT2D eigenvalue weighted by molar-refractivity contribution is -0.123. The Labute approximate surface area is 192 Å². The first-order chi connectivity index (χ1) is 16.0. The van der Waals surface area contributed by atoms with E-state index in [0.717, 1.165) is 25.7 Å². The van der Waals surface area contributed by atoms with E-state index in [9.17, 15) is 14.4 Å². The minimum atomic E-state index is -0.730. The van der Waals surface area contributed by atoms with Crippen molar-refractivity contribution in [2.75, 3.05) is 25.7 Å². The van der Waals surface area contributed by atoms with E-state index in [1.807, 2.05) is 0 Å². The van der Waals surface area contributed by atoms with Gasteiger partial charge in [0.05, 0.1) is 31.0 Å². The molecule has 5 rings (SSSR count). The van der Waals surface area contributed by atoms with Crippen LogP contribution in [0, 0.1) is 0 Å². The van der Waals surface area contributed by atoms with Crippen LogP contribution in [0.1, 0.15) is 64.5 Å². The maximum absolute atomic E-state index is 13.6. The van der Waals surface area contributed by atoms with Gasteiger partial charge in [-0.05, 0) is 31.0 Å². The summed E-state index contributed by atoms with van der Waals surface area (Å²) in [4.78, 5) is 43.2. The van der Waals surface area contributed by atoms with Crippen LogP contribution in [0.25, 0.3) is 0 Å². The first-order valence-corrected chi connectivity index (χ1v) is 11.3. The molecule has 3 aliphatic rings. The molecule has 0 unspecified atom stereocenters. The van der Waals surface area contributed by atoms with Gasteiger partial charge < -0.3 is 19.7 Å². The van der Waals surface area contributed by atoms with E-state index in [0.29, 0.717) is 33.9 Å². The summed E-state index contributed by atoms with van der Waals surface area (Å²) in [5.41, 5.74) is 1.89. The summed E-state index contributed by atoms with van der Waals surface area (Å²) < 4.78 is 10.9. The molecule has 2 heterocycles. The average molecular weight is 450 g/mol. The van der Waals surface area contributed by atoms with E-state index < -0.39 is 6.17 Å². The number of rotatable bonds is 5. The number of nitrogens with one attached hydrogen (secondary N) is 1. The van der Waals surface area contributed by atoms with Crippen LogP contribution < -0.4 is 19.7 Å². The summed E-state index contributed by atoms with van der Waals surface area (Å²) in [6.45, 7) is -0.133. The lowest BCUT2D eigenvalue weighted by Crippen LogP contribution is -2.52. The Morgan fingerprint density at radius 2 is 1.76 bits per heavy atom. The van der Waals surface area contributed by atoms with Gasteiger partial charge in [0.25, 0.3) is 11.8 Å². The van der Waals surface area contributed by atoms with Gasteiger partial charge in [-0.2, -0.15) is 0 Å². The Morgan fingerprint density at radius 1 is 1.00 bits per heavy atom. The van der Waals surface area contributed by atoms with Crippen molar-refractivity contribution < 1.29 is 23.9 Å². The molecule has 3 amide bonds. The number of carbonyl (C=O) groups is 3.